The van der Waals surface area contributed by atoms with Crippen LogP contribution >= 0.6 is 11.6 Å². The number of halogens is 1. The first-order chi connectivity index (χ1) is 4.88. The maximum atomic E-state index is 5.88. The third-order valence-electron chi connectivity index (χ3n) is 1.48. The Morgan fingerprint density at radius 1 is 1.50 bits per heavy atom. The summed E-state index contributed by atoms with van der Waals surface area (Å²) in [5.74, 6) is 0. The fourth-order valence-electron chi connectivity index (χ4n) is 0.968. The van der Waals surface area contributed by atoms with Gasteiger partial charge in [-0.05, 0) is 0 Å². The van der Waals surface area contributed by atoms with E-state index in [4.69, 9.17) is 11.6 Å². The van der Waals surface area contributed by atoms with Gasteiger partial charge in [-0.25, -0.2) is 0 Å². The summed E-state index contributed by atoms with van der Waals surface area (Å²) in [6, 6.07) is 0. The minimum absolute atomic E-state index is 0.0949. The number of hydrogen-bond acceptors (Lipinski definition) is 2. The molecule has 1 aliphatic carbocycles. The summed E-state index contributed by atoms with van der Waals surface area (Å²) in [6.07, 6.45) is 7.48. The van der Waals surface area contributed by atoms with E-state index in [1.165, 1.54) is 0 Å². The second-order valence-corrected chi connectivity index (χ2v) is 2.61. The summed E-state index contributed by atoms with van der Waals surface area (Å²) in [6.45, 7) is 0. The molecule has 2 aliphatic rings. The van der Waals surface area contributed by atoms with Crippen LogP contribution in [0.25, 0.3) is 0 Å². The molecule has 1 atom stereocenters. The van der Waals surface area contributed by atoms with Crippen molar-refractivity contribution in [3.8, 4) is 0 Å². The van der Waals surface area contributed by atoms with Crippen LogP contribution in [-0.4, -0.2) is 17.3 Å². The minimum atomic E-state index is -0.0949. The summed E-state index contributed by atoms with van der Waals surface area (Å²) in [5.41, 5.74) is 1.90. The molecule has 3 heteroatoms. The van der Waals surface area contributed by atoms with Crippen LogP contribution in [0.15, 0.2) is 34.0 Å². The van der Waals surface area contributed by atoms with Crippen LogP contribution in [0.4, 0.5) is 0 Å². The van der Waals surface area contributed by atoms with Gasteiger partial charge in [0.05, 0.1) is 17.3 Å². The molecule has 0 fully saturated rings. The zero-order chi connectivity index (χ0) is 6.97. The fourth-order valence-corrected chi connectivity index (χ4v) is 1.22. The second-order valence-electron chi connectivity index (χ2n) is 2.14. The van der Waals surface area contributed by atoms with E-state index in [1.54, 1.807) is 6.21 Å². The van der Waals surface area contributed by atoms with Gasteiger partial charge < -0.3 is 0 Å². The van der Waals surface area contributed by atoms with E-state index in [0.717, 1.165) is 11.3 Å². The molecule has 2 rings (SSSR count). The second kappa shape index (κ2) is 2.06. The zero-order valence-electron chi connectivity index (χ0n) is 5.16. The lowest BCUT2D eigenvalue weighted by molar-refractivity contribution is 1.25. The standard InChI is InChI=1S/C7H5ClN2/c8-6-3-1-2-5-4-9-10-7(5)6/h1-4,6H/t6-/m1/s1. The molecule has 0 bridgehead atoms. The third-order valence-corrected chi connectivity index (χ3v) is 1.83. The lowest BCUT2D eigenvalue weighted by atomic mass is 10.0. The molecule has 0 saturated heterocycles. The van der Waals surface area contributed by atoms with Gasteiger partial charge in [0, 0.05) is 5.57 Å². The summed E-state index contributed by atoms with van der Waals surface area (Å²) in [5, 5.41) is 7.53. The normalized spacial score (nSPS) is 27.9. The predicted molar refractivity (Wildman–Crippen MR) is 42.8 cm³/mol. The van der Waals surface area contributed by atoms with E-state index < -0.39 is 0 Å². The lowest BCUT2D eigenvalue weighted by Crippen LogP contribution is -2.15. The highest BCUT2D eigenvalue weighted by atomic mass is 35.5. The van der Waals surface area contributed by atoms with Gasteiger partial charge in [0.2, 0.25) is 0 Å². The smallest absolute Gasteiger partial charge is 0.0966 e. The summed E-state index contributed by atoms with van der Waals surface area (Å²) in [4.78, 5) is 0. The van der Waals surface area contributed by atoms with Crippen LogP contribution in [0.3, 0.4) is 0 Å². The van der Waals surface area contributed by atoms with Crippen LogP contribution in [-0.2, 0) is 0 Å². The molecule has 1 heterocycles. The summed E-state index contributed by atoms with van der Waals surface area (Å²) < 4.78 is 0. The van der Waals surface area contributed by atoms with Gasteiger partial charge in [0.25, 0.3) is 0 Å². The Morgan fingerprint density at radius 3 is 3.20 bits per heavy atom. The Kier molecular flexibility index (Phi) is 1.21. The summed E-state index contributed by atoms with van der Waals surface area (Å²) in [7, 11) is 0. The van der Waals surface area contributed by atoms with E-state index in [-0.39, 0.29) is 5.38 Å². The van der Waals surface area contributed by atoms with Crippen molar-refractivity contribution in [1.29, 1.82) is 0 Å². The third kappa shape index (κ3) is 0.727. The molecule has 2 nitrogen and oxygen atoms in total. The van der Waals surface area contributed by atoms with Crippen molar-refractivity contribution in [2.24, 2.45) is 10.2 Å². The number of hydrogen-bond donors (Lipinski definition) is 0. The zero-order valence-corrected chi connectivity index (χ0v) is 5.92. The van der Waals surface area contributed by atoms with Crippen LogP contribution in [0.5, 0.6) is 0 Å². The van der Waals surface area contributed by atoms with Crippen molar-refractivity contribution < 1.29 is 0 Å². The molecule has 0 saturated carbocycles. The van der Waals surface area contributed by atoms with E-state index in [2.05, 4.69) is 10.2 Å². The Balaban J connectivity index is 2.45. The van der Waals surface area contributed by atoms with Gasteiger partial charge in [-0.15, -0.1) is 11.6 Å². The molecule has 0 aromatic rings. The first kappa shape index (κ1) is 5.86. The van der Waals surface area contributed by atoms with Crippen molar-refractivity contribution in [1.82, 2.24) is 0 Å². The maximum absolute atomic E-state index is 5.88. The fraction of sp³-hybridized carbons (Fsp3) is 0.143. The molecular formula is C7H5ClN2. The largest absolute Gasteiger partial charge is 0.158 e. The molecule has 50 valence electrons. The van der Waals surface area contributed by atoms with Crippen LogP contribution in [0, 0.1) is 0 Å². The minimum Gasteiger partial charge on any atom is -0.158 e. The SMILES string of the molecule is Cl[C@@H]1C=CC=C2C=NN=C21. The van der Waals surface area contributed by atoms with Gasteiger partial charge in [-0.1, -0.05) is 18.2 Å². The van der Waals surface area contributed by atoms with Gasteiger partial charge >= 0.3 is 0 Å². The van der Waals surface area contributed by atoms with Crippen molar-refractivity contribution >= 4 is 23.5 Å². The monoisotopic (exact) mass is 152 g/mol. The molecule has 0 aromatic heterocycles. The van der Waals surface area contributed by atoms with Gasteiger partial charge in [0.1, 0.15) is 0 Å². The van der Waals surface area contributed by atoms with Crippen LogP contribution in [0.2, 0.25) is 0 Å². The first-order valence-electron chi connectivity index (χ1n) is 3.02. The number of alkyl halides is 1. The van der Waals surface area contributed by atoms with Crippen molar-refractivity contribution in [3.05, 3.63) is 23.8 Å². The Labute approximate surface area is 63.6 Å². The number of fused-ring (bicyclic) bond motifs is 1. The molecule has 0 N–H and O–H groups in total. The van der Waals surface area contributed by atoms with Crippen molar-refractivity contribution in [3.63, 3.8) is 0 Å². The molecule has 1 aliphatic heterocycles. The number of allylic oxidation sites excluding steroid dienone is 4. The molecule has 0 spiro atoms. The van der Waals surface area contributed by atoms with Crippen molar-refractivity contribution in [2.45, 2.75) is 5.38 Å². The van der Waals surface area contributed by atoms with E-state index >= 15 is 0 Å². The maximum Gasteiger partial charge on any atom is 0.0966 e. The molecular weight excluding hydrogens is 148 g/mol. The average Bonchev–Trinajstić information content (AvgIpc) is 2.36. The number of nitrogens with zero attached hydrogens (tertiary/aromatic N) is 2. The molecule has 0 aromatic carbocycles. The quantitative estimate of drug-likeness (QED) is 0.471. The Hall–Kier alpha value is -0.890. The van der Waals surface area contributed by atoms with E-state index in [9.17, 15) is 0 Å². The highest BCUT2D eigenvalue weighted by Crippen LogP contribution is 2.17. The highest BCUT2D eigenvalue weighted by Gasteiger charge is 2.18. The van der Waals surface area contributed by atoms with Gasteiger partial charge in [-0.2, -0.15) is 10.2 Å². The molecule has 0 amide bonds. The lowest BCUT2D eigenvalue weighted by Gasteiger charge is -2.07. The van der Waals surface area contributed by atoms with Gasteiger partial charge in [-0.3, -0.25) is 0 Å². The van der Waals surface area contributed by atoms with E-state index in [1.807, 2.05) is 18.2 Å². The Bertz CT molecular complexity index is 273. The van der Waals surface area contributed by atoms with Crippen molar-refractivity contribution in [2.75, 3.05) is 0 Å². The molecule has 0 radical (unpaired) electrons. The number of rotatable bonds is 0. The summed E-state index contributed by atoms with van der Waals surface area (Å²) >= 11 is 5.88. The first-order valence-corrected chi connectivity index (χ1v) is 3.45. The van der Waals surface area contributed by atoms with Gasteiger partial charge in [0.15, 0.2) is 0 Å². The van der Waals surface area contributed by atoms with E-state index in [0.29, 0.717) is 0 Å². The Morgan fingerprint density at radius 2 is 2.40 bits per heavy atom. The van der Waals surface area contributed by atoms with Crippen LogP contribution in [0.1, 0.15) is 0 Å². The molecule has 10 heavy (non-hydrogen) atoms. The topological polar surface area (TPSA) is 24.7 Å². The predicted octanol–water partition coefficient (Wildman–Crippen LogP) is 1.53. The molecule has 0 unspecified atom stereocenters. The van der Waals surface area contributed by atoms with Crippen LogP contribution < -0.4 is 0 Å². The average molecular weight is 153 g/mol. The highest BCUT2D eigenvalue weighted by molar-refractivity contribution is 6.40.